The number of carboxylic acid groups (broad SMARTS) is 1. The van der Waals surface area contributed by atoms with Gasteiger partial charge in [0.1, 0.15) is 5.60 Å². The predicted octanol–water partition coefficient (Wildman–Crippen LogP) is 2.48. The number of ether oxygens (including phenoxy) is 1. The third-order valence-electron chi connectivity index (χ3n) is 4.78. The lowest BCUT2D eigenvalue weighted by atomic mass is 9.81. The van der Waals surface area contributed by atoms with Crippen LogP contribution in [0.5, 0.6) is 0 Å². The molecule has 0 aliphatic carbocycles. The van der Waals surface area contributed by atoms with Gasteiger partial charge in [-0.1, -0.05) is 0 Å². The molecule has 0 unspecified atom stereocenters. The summed E-state index contributed by atoms with van der Waals surface area (Å²) in [7, 11) is 0. The molecule has 0 radical (unpaired) electrons. The molecule has 2 N–H and O–H groups in total. The number of aliphatic hydroxyl groups excluding tert-OH is 1. The molecule has 0 bridgehead atoms. The van der Waals surface area contributed by atoms with E-state index in [1.54, 1.807) is 11.3 Å². The Morgan fingerprint density at radius 1 is 1.57 bits per heavy atom. The van der Waals surface area contributed by atoms with Crippen LogP contribution in [0.3, 0.4) is 0 Å². The summed E-state index contributed by atoms with van der Waals surface area (Å²) in [5.41, 5.74) is 1.93. The molecule has 5 nitrogen and oxygen atoms in total. The van der Waals surface area contributed by atoms with Gasteiger partial charge in [0.25, 0.3) is 0 Å². The molecule has 3 heterocycles. The first-order valence-electron chi connectivity index (χ1n) is 7.34. The van der Waals surface area contributed by atoms with Gasteiger partial charge in [0.2, 0.25) is 0 Å². The van der Waals surface area contributed by atoms with E-state index >= 15 is 0 Å². The number of fused-ring (bicyclic) bond motifs is 2. The second-order valence-electron chi connectivity index (χ2n) is 5.97. The van der Waals surface area contributed by atoms with Gasteiger partial charge in [0.05, 0.1) is 13.2 Å². The van der Waals surface area contributed by atoms with Crippen LogP contribution in [0.4, 0.5) is 4.79 Å². The highest BCUT2D eigenvalue weighted by atomic mass is 32.1. The number of nitrogens with zero attached hydrogens (tertiary/aromatic N) is 1. The van der Waals surface area contributed by atoms with E-state index in [1.165, 1.54) is 15.3 Å². The van der Waals surface area contributed by atoms with Crippen molar-refractivity contribution in [1.82, 2.24) is 4.90 Å². The first kappa shape index (κ1) is 14.8. The largest absolute Gasteiger partial charge is 0.465 e. The minimum absolute atomic E-state index is 0.0535. The van der Waals surface area contributed by atoms with Gasteiger partial charge in [0, 0.05) is 28.8 Å². The second-order valence-corrected chi connectivity index (χ2v) is 7.20. The van der Waals surface area contributed by atoms with Crippen molar-refractivity contribution in [1.29, 1.82) is 0 Å². The quantitative estimate of drug-likeness (QED) is 0.836. The summed E-state index contributed by atoms with van der Waals surface area (Å²) in [6, 6.07) is -0.0535. The van der Waals surface area contributed by atoms with E-state index < -0.39 is 6.09 Å². The topological polar surface area (TPSA) is 70.0 Å². The summed E-state index contributed by atoms with van der Waals surface area (Å²) in [6.45, 7) is 5.21. The Hall–Kier alpha value is -1.11. The number of amides is 1. The maximum absolute atomic E-state index is 11.2. The number of hydrogen-bond acceptors (Lipinski definition) is 4. The Bertz CT molecular complexity index is 570. The number of piperidine rings is 1. The fourth-order valence-electron chi connectivity index (χ4n) is 3.71. The standard InChI is InChI=1S/C15H21NO4S/c1-9-7-15(4-5-16(9)14(18)19)13-11(3-6-20-15)12(8-17)10(2)21-13/h9,17H,3-8H2,1-2H3,(H,18,19)/t9-,15+/m0/s1. The first-order chi connectivity index (χ1) is 9.98. The average Bonchev–Trinajstić information content (AvgIpc) is 2.76. The molecule has 1 spiro atoms. The Labute approximate surface area is 128 Å². The summed E-state index contributed by atoms with van der Waals surface area (Å²) in [5.74, 6) is 0. The molecular formula is C15H21NO4S. The highest BCUT2D eigenvalue weighted by Crippen LogP contribution is 2.48. The minimum Gasteiger partial charge on any atom is -0.465 e. The first-order valence-corrected chi connectivity index (χ1v) is 8.16. The van der Waals surface area contributed by atoms with Gasteiger partial charge in [-0.2, -0.15) is 0 Å². The highest BCUT2D eigenvalue weighted by Gasteiger charge is 2.46. The summed E-state index contributed by atoms with van der Waals surface area (Å²) < 4.78 is 6.15. The van der Waals surface area contributed by atoms with Gasteiger partial charge in [-0.05, 0) is 37.8 Å². The number of hydrogen-bond donors (Lipinski definition) is 2. The molecule has 1 aromatic rings. The zero-order valence-electron chi connectivity index (χ0n) is 12.4. The molecule has 1 saturated heterocycles. The maximum Gasteiger partial charge on any atom is 0.407 e. The highest BCUT2D eigenvalue weighted by molar-refractivity contribution is 7.12. The Balaban J connectivity index is 1.97. The Morgan fingerprint density at radius 2 is 2.33 bits per heavy atom. The molecule has 1 amide bonds. The lowest BCUT2D eigenvalue weighted by Gasteiger charge is -2.46. The zero-order valence-corrected chi connectivity index (χ0v) is 13.2. The van der Waals surface area contributed by atoms with Crippen molar-refractivity contribution in [3.63, 3.8) is 0 Å². The van der Waals surface area contributed by atoms with Gasteiger partial charge in [0.15, 0.2) is 0 Å². The van der Waals surface area contributed by atoms with Gasteiger partial charge in [-0.15, -0.1) is 11.3 Å². The van der Waals surface area contributed by atoms with E-state index in [-0.39, 0.29) is 18.2 Å². The van der Waals surface area contributed by atoms with Crippen molar-refractivity contribution in [2.75, 3.05) is 13.2 Å². The van der Waals surface area contributed by atoms with E-state index in [9.17, 15) is 15.0 Å². The number of rotatable bonds is 1. The SMILES string of the molecule is Cc1sc2c(c1CO)CCO[C@@]21CCN(C(=O)O)[C@@H](C)C1. The predicted molar refractivity (Wildman–Crippen MR) is 79.7 cm³/mol. The van der Waals surface area contributed by atoms with E-state index in [1.807, 2.05) is 13.8 Å². The molecule has 1 fully saturated rings. The lowest BCUT2D eigenvalue weighted by Crippen LogP contribution is -2.51. The van der Waals surface area contributed by atoms with Crippen molar-refractivity contribution in [2.45, 2.75) is 51.4 Å². The van der Waals surface area contributed by atoms with Crippen molar-refractivity contribution < 1.29 is 19.7 Å². The molecule has 2 aliphatic heterocycles. The maximum atomic E-state index is 11.2. The van der Waals surface area contributed by atoms with Crippen molar-refractivity contribution in [3.05, 3.63) is 20.9 Å². The molecule has 0 aromatic carbocycles. The van der Waals surface area contributed by atoms with Gasteiger partial charge < -0.3 is 19.8 Å². The summed E-state index contributed by atoms with van der Waals surface area (Å²) in [4.78, 5) is 15.1. The summed E-state index contributed by atoms with van der Waals surface area (Å²) in [5, 5.41) is 18.8. The van der Waals surface area contributed by atoms with Crippen molar-refractivity contribution in [2.24, 2.45) is 0 Å². The molecule has 2 aliphatic rings. The lowest BCUT2D eigenvalue weighted by molar-refractivity contribution is -0.104. The third-order valence-corrected chi connectivity index (χ3v) is 6.16. The van der Waals surface area contributed by atoms with Crippen molar-refractivity contribution in [3.8, 4) is 0 Å². The summed E-state index contributed by atoms with van der Waals surface area (Å²) >= 11 is 1.71. The normalized spacial score (nSPS) is 28.7. The van der Waals surface area contributed by atoms with Crippen LogP contribution < -0.4 is 0 Å². The number of aliphatic hydroxyl groups is 1. The fourth-order valence-corrected chi connectivity index (χ4v) is 5.11. The molecule has 0 saturated carbocycles. The summed E-state index contributed by atoms with van der Waals surface area (Å²) in [6.07, 6.45) is 1.37. The smallest absolute Gasteiger partial charge is 0.407 e. The van der Waals surface area contributed by atoms with Crippen LogP contribution in [0.15, 0.2) is 0 Å². The molecule has 3 rings (SSSR count). The van der Waals surface area contributed by atoms with Crippen LogP contribution in [0.1, 0.15) is 40.6 Å². The number of carbonyl (C=O) groups is 1. The molecule has 116 valence electrons. The van der Waals surface area contributed by atoms with Crippen LogP contribution in [0.2, 0.25) is 0 Å². The molecule has 1 aromatic heterocycles. The molecule has 21 heavy (non-hydrogen) atoms. The van der Waals surface area contributed by atoms with Crippen molar-refractivity contribution >= 4 is 17.4 Å². The van der Waals surface area contributed by atoms with Gasteiger partial charge in [-0.25, -0.2) is 4.79 Å². The van der Waals surface area contributed by atoms with Crippen LogP contribution in [0, 0.1) is 6.92 Å². The fraction of sp³-hybridized carbons (Fsp3) is 0.667. The van der Waals surface area contributed by atoms with E-state index in [4.69, 9.17) is 4.74 Å². The number of thiophene rings is 1. The number of likely N-dealkylation sites (tertiary alicyclic amines) is 1. The van der Waals surface area contributed by atoms with E-state index in [0.29, 0.717) is 26.0 Å². The molecule has 6 heteroatoms. The number of aryl methyl sites for hydroxylation is 1. The van der Waals surface area contributed by atoms with Gasteiger partial charge >= 0.3 is 6.09 Å². The Morgan fingerprint density at radius 3 is 2.95 bits per heavy atom. The second kappa shape index (κ2) is 5.26. The minimum atomic E-state index is -0.855. The van der Waals surface area contributed by atoms with E-state index in [2.05, 4.69) is 0 Å². The van der Waals surface area contributed by atoms with Crippen LogP contribution in [0.25, 0.3) is 0 Å². The third kappa shape index (κ3) is 2.25. The monoisotopic (exact) mass is 311 g/mol. The van der Waals surface area contributed by atoms with Crippen LogP contribution in [-0.4, -0.2) is 40.4 Å². The van der Waals surface area contributed by atoms with Gasteiger partial charge in [-0.3, -0.25) is 0 Å². The van der Waals surface area contributed by atoms with Crippen LogP contribution in [-0.2, 0) is 23.4 Å². The zero-order chi connectivity index (χ0) is 15.2. The Kier molecular flexibility index (Phi) is 3.71. The average molecular weight is 311 g/mol. The molecular weight excluding hydrogens is 290 g/mol. The van der Waals surface area contributed by atoms with Crippen LogP contribution >= 0.6 is 11.3 Å². The molecule has 2 atom stereocenters. The van der Waals surface area contributed by atoms with E-state index in [0.717, 1.165) is 16.9 Å².